The Morgan fingerprint density at radius 3 is 2.32 bits per heavy atom. The molecular weight excluding hydrogens is 442 g/mol. The molecule has 1 heterocycles. The maximum Gasteiger partial charge on any atom is 0.136 e. The summed E-state index contributed by atoms with van der Waals surface area (Å²) in [6.07, 6.45) is 1.81. The van der Waals surface area contributed by atoms with Gasteiger partial charge in [0, 0.05) is 70.0 Å². The number of hydrogen-bond acceptors (Lipinski definition) is 8. The Labute approximate surface area is 202 Å². The number of fused-ring (bicyclic) bond motifs is 2. The van der Waals surface area contributed by atoms with E-state index >= 15 is 0 Å². The molecule has 0 aromatic rings. The largest absolute Gasteiger partial charge is 0.412 e. The number of ether oxygens (including phenoxy) is 4. The Balaban J connectivity index is 0.00000241. The highest BCUT2D eigenvalue weighted by Gasteiger charge is 2.91. The lowest BCUT2D eigenvalue weighted by Crippen LogP contribution is -2.82. The van der Waals surface area contributed by atoms with E-state index in [1.54, 1.807) is 28.4 Å². The molecule has 196 valence electrons. The fourth-order valence-electron chi connectivity index (χ4n) is 11.0. The average molecular weight is 486 g/mol. The predicted molar refractivity (Wildman–Crippen MR) is 122 cm³/mol. The summed E-state index contributed by atoms with van der Waals surface area (Å²) < 4.78 is 24.5. The molecule has 1 unspecified atom stereocenters. The van der Waals surface area contributed by atoms with Crippen LogP contribution in [0.5, 0.6) is 0 Å². The highest BCUT2D eigenvalue weighted by atomic mass is 16.5. The SMILES string of the molecule is CCN1C[C@]2(CO)CC[C@@H](OC)C34[C@@H]5C[C@H]6[C@H](OC)[C@H]5[C@](O)(C[C@@H]6OC)[C@](O)([C@@H](OC)[C@@H]32)[C@@H]14.O. The van der Waals surface area contributed by atoms with Crippen LogP contribution in [-0.2, 0) is 18.9 Å². The number of nitrogens with zero attached hydrogens (tertiary/aromatic N) is 1. The molecule has 6 aliphatic rings. The Hall–Kier alpha value is -0.360. The highest BCUT2D eigenvalue weighted by Crippen LogP contribution is 2.80. The standard InChI is InChI=1S/C25H41NO7.H2O/c1-6-26-11-22(12-27)8-7-16(31-3)24-14-9-13-15(30-2)10-23(28,17(14)18(13)32-4)25(29,21(24)26)20(33-5)19(22)24;/h13-21,27-29H,6-12H2,1-5H3;1H2/t13-,14-,15+,16-,17+,18+,19-,20+,21+,22+,23-,24?,25+;/m1./s1. The molecule has 1 spiro atoms. The van der Waals surface area contributed by atoms with Crippen molar-refractivity contribution in [1.82, 2.24) is 4.90 Å². The van der Waals surface area contributed by atoms with E-state index in [1.165, 1.54) is 0 Å². The van der Waals surface area contributed by atoms with Crippen molar-refractivity contribution in [3.05, 3.63) is 0 Å². The number of likely N-dealkylation sites (tertiary alicyclic amines) is 1. The van der Waals surface area contributed by atoms with Gasteiger partial charge in [0.1, 0.15) is 11.2 Å². The summed E-state index contributed by atoms with van der Waals surface area (Å²) in [7, 11) is 6.85. The van der Waals surface area contributed by atoms with E-state index in [2.05, 4.69) is 11.8 Å². The van der Waals surface area contributed by atoms with Gasteiger partial charge in [-0.25, -0.2) is 0 Å². The predicted octanol–water partition coefficient (Wildman–Crippen LogP) is -0.554. The van der Waals surface area contributed by atoms with Crippen LogP contribution < -0.4 is 0 Å². The van der Waals surface area contributed by atoms with Gasteiger partial charge in [0.25, 0.3) is 0 Å². The first kappa shape index (κ1) is 25.3. The Morgan fingerprint density at radius 1 is 1.03 bits per heavy atom. The lowest BCUT2D eigenvalue weighted by molar-refractivity contribution is -0.320. The lowest BCUT2D eigenvalue weighted by Gasteiger charge is -2.70. The van der Waals surface area contributed by atoms with Gasteiger partial charge in [-0.15, -0.1) is 0 Å². The van der Waals surface area contributed by atoms with Gasteiger partial charge in [-0.2, -0.15) is 0 Å². The van der Waals surface area contributed by atoms with E-state index < -0.39 is 28.1 Å². The van der Waals surface area contributed by atoms with Gasteiger partial charge in [-0.05, 0) is 31.7 Å². The normalized spacial score (nSPS) is 59.1. The van der Waals surface area contributed by atoms with Crippen LogP contribution in [0.25, 0.3) is 0 Å². The molecule has 9 nitrogen and oxygen atoms in total. The molecule has 0 amide bonds. The number of rotatable bonds is 6. The van der Waals surface area contributed by atoms with Gasteiger partial charge in [0.2, 0.25) is 0 Å². The van der Waals surface area contributed by atoms with Gasteiger partial charge in [-0.3, -0.25) is 4.90 Å². The summed E-state index contributed by atoms with van der Waals surface area (Å²) in [6, 6.07) is -0.312. The molecule has 9 heteroatoms. The summed E-state index contributed by atoms with van der Waals surface area (Å²) >= 11 is 0. The second-order valence-electron chi connectivity index (χ2n) is 11.8. The van der Waals surface area contributed by atoms with Gasteiger partial charge in [-0.1, -0.05) is 6.92 Å². The molecule has 13 atom stereocenters. The van der Waals surface area contributed by atoms with Crippen molar-refractivity contribution < 1.29 is 39.7 Å². The third-order valence-corrected chi connectivity index (χ3v) is 11.6. The third kappa shape index (κ3) is 2.30. The zero-order valence-electron chi connectivity index (χ0n) is 21.1. The van der Waals surface area contributed by atoms with E-state index in [0.29, 0.717) is 13.0 Å². The van der Waals surface area contributed by atoms with Crippen LogP contribution in [0.2, 0.25) is 0 Å². The highest BCUT2D eigenvalue weighted by molar-refractivity contribution is 5.41. The van der Waals surface area contributed by atoms with Gasteiger partial charge < -0.3 is 39.7 Å². The summed E-state index contributed by atoms with van der Waals surface area (Å²) in [6.45, 7) is 3.59. The minimum atomic E-state index is -1.52. The first-order valence-corrected chi connectivity index (χ1v) is 12.7. The quantitative estimate of drug-likeness (QED) is 0.456. The summed E-state index contributed by atoms with van der Waals surface area (Å²) in [4.78, 5) is 2.33. The number of aliphatic hydroxyl groups excluding tert-OH is 1. The van der Waals surface area contributed by atoms with Crippen LogP contribution in [-0.4, -0.2) is 115 Å². The Kier molecular flexibility index (Phi) is 5.82. The zero-order chi connectivity index (χ0) is 23.6. The number of likely N-dealkylation sites (N-methyl/N-ethyl adjacent to an activating group) is 1. The zero-order valence-corrected chi connectivity index (χ0v) is 21.1. The molecule has 1 saturated heterocycles. The van der Waals surface area contributed by atoms with E-state index in [9.17, 15) is 15.3 Å². The number of hydrogen-bond donors (Lipinski definition) is 3. The number of piperidine rings is 1. The maximum atomic E-state index is 13.0. The number of aliphatic hydroxyl groups is 3. The molecule has 6 rings (SSSR count). The van der Waals surface area contributed by atoms with Crippen molar-refractivity contribution in [1.29, 1.82) is 0 Å². The maximum absolute atomic E-state index is 13.0. The molecule has 0 aromatic heterocycles. The molecule has 34 heavy (non-hydrogen) atoms. The van der Waals surface area contributed by atoms with Crippen molar-refractivity contribution in [2.75, 3.05) is 48.1 Å². The van der Waals surface area contributed by atoms with Crippen LogP contribution in [0, 0.1) is 34.5 Å². The van der Waals surface area contributed by atoms with Crippen LogP contribution in [0.15, 0.2) is 0 Å². The van der Waals surface area contributed by atoms with Gasteiger partial charge >= 0.3 is 0 Å². The van der Waals surface area contributed by atoms with Crippen LogP contribution in [0.4, 0.5) is 0 Å². The molecule has 1 aliphatic heterocycles. The minimum absolute atomic E-state index is 0. The van der Waals surface area contributed by atoms with Crippen LogP contribution in [0.1, 0.15) is 32.6 Å². The van der Waals surface area contributed by atoms with Crippen LogP contribution >= 0.6 is 0 Å². The molecule has 6 fully saturated rings. The first-order chi connectivity index (χ1) is 15.8. The second kappa shape index (κ2) is 7.82. The van der Waals surface area contributed by atoms with Crippen molar-refractivity contribution in [2.45, 2.75) is 74.3 Å². The van der Waals surface area contributed by atoms with E-state index in [0.717, 1.165) is 25.8 Å². The van der Waals surface area contributed by atoms with Crippen molar-refractivity contribution in [2.24, 2.45) is 34.5 Å². The minimum Gasteiger partial charge on any atom is -0.412 e. The third-order valence-electron chi connectivity index (χ3n) is 11.6. The van der Waals surface area contributed by atoms with Gasteiger partial charge in [0.05, 0.1) is 37.1 Å². The van der Waals surface area contributed by atoms with Crippen LogP contribution in [0.3, 0.4) is 0 Å². The van der Waals surface area contributed by atoms with Crippen molar-refractivity contribution in [3.63, 3.8) is 0 Å². The molecule has 0 radical (unpaired) electrons. The smallest absolute Gasteiger partial charge is 0.136 e. The monoisotopic (exact) mass is 485 g/mol. The lowest BCUT2D eigenvalue weighted by atomic mass is 9.42. The second-order valence-corrected chi connectivity index (χ2v) is 11.8. The summed E-state index contributed by atoms with van der Waals surface area (Å²) in [5.74, 6) is -0.0916. The molecule has 5 saturated carbocycles. The Bertz CT molecular complexity index is 816. The topological polar surface area (TPSA) is 132 Å². The van der Waals surface area contributed by atoms with Crippen molar-refractivity contribution >= 4 is 0 Å². The Morgan fingerprint density at radius 2 is 1.76 bits per heavy atom. The summed E-state index contributed by atoms with van der Waals surface area (Å²) in [5.41, 5.74) is -3.78. The fraction of sp³-hybridized carbons (Fsp3) is 1.00. The molecule has 5 N–H and O–H groups in total. The van der Waals surface area contributed by atoms with Crippen molar-refractivity contribution in [3.8, 4) is 0 Å². The van der Waals surface area contributed by atoms with E-state index in [-0.39, 0.29) is 60.1 Å². The van der Waals surface area contributed by atoms with E-state index in [4.69, 9.17) is 18.9 Å². The molecular formula is C25H43NO8. The van der Waals surface area contributed by atoms with Gasteiger partial charge in [0.15, 0.2) is 0 Å². The summed E-state index contributed by atoms with van der Waals surface area (Å²) in [5, 5.41) is 36.6. The number of methoxy groups -OCH3 is 4. The molecule has 7 bridgehead atoms. The average Bonchev–Trinajstić information content (AvgIpc) is 3.24. The van der Waals surface area contributed by atoms with E-state index in [1.807, 2.05) is 0 Å². The first-order valence-electron chi connectivity index (χ1n) is 12.7. The molecule has 5 aliphatic carbocycles. The fourth-order valence-corrected chi connectivity index (χ4v) is 11.0. The molecule has 0 aromatic carbocycles.